The van der Waals surface area contributed by atoms with E-state index in [1.807, 2.05) is 48.9 Å². The molecule has 10 heteroatoms. The molecule has 3 heterocycles. The predicted octanol–water partition coefficient (Wildman–Crippen LogP) is 5.67. The minimum atomic E-state index is -1.47. The monoisotopic (exact) mass is 562 g/mol. The van der Waals surface area contributed by atoms with Crippen molar-refractivity contribution in [1.82, 2.24) is 19.3 Å². The van der Waals surface area contributed by atoms with E-state index in [4.69, 9.17) is 16.7 Å². The van der Waals surface area contributed by atoms with Crippen molar-refractivity contribution < 1.29 is 9.50 Å². The van der Waals surface area contributed by atoms with E-state index in [9.17, 15) is 14.3 Å². The normalized spacial score (nSPS) is 18.7. The van der Waals surface area contributed by atoms with Gasteiger partial charge in [-0.05, 0) is 68.0 Å². The van der Waals surface area contributed by atoms with E-state index in [0.717, 1.165) is 29.8 Å². The topological polar surface area (TPSA) is 100 Å². The first-order chi connectivity index (χ1) is 18.9. The van der Waals surface area contributed by atoms with Gasteiger partial charge in [0, 0.05) is 17.2 Å². The van der Waals surface area contributed by atoms with Crippen molar-refractivity contribution in [2.75, 3.05) is 5.32 Å². The van der Waals surface area contributed by atoms with Crippen LogP contribution in [0.25, 0.3) is 5.69 Å². The van der Waals surface area contributed by atoms with Gasteiger partial charge in [-0.15, -0.1) is 0 Å². The Labute approximate surface area is 236 Å². The van der Waals surface area contributed by atoms with Crippen LogP contribution in [0.5, 0.6) is 0 Å². The summed E-state index contributed by atoms with van der Waals surface area (Å²) in [5, 5.41) is 16.9. The van der Waals surface area contributed by atoms with Crippen molar-refractivity contribution in [2.24, 2.45) is 4.99 Å². The van der Waals surface area contributed by atoms with Crippen molar-refractivity contribution in [3.05, 3.63) is 98.6 Å². The number of H-pyrrole nitrogens is 1. The smallest absolute Gasteiger partial charge is 0.327 e. The highest BCUT2D eigenvalue weighted by molar-refractivity contribution is 6.26. The summed E-state index contributed by atoms with van der Waals surface area (Å²) in [4.78, 5) is 20.3. The molecule has 208 valence electrons. The molecule has 8 nitrogen and oxygen atoms in total. The number of benzene rings is 2. The van der Waals surface area contributed by atoms with Crippen LogP contribution in [-0.2, 0) is 17.3 Å². The molecule has 0 amide bonds. The van der Waals surface area contributed by atoms with Crippen LogP contribution >= 0.6 is 11.6 Å². The maximum atomic E-state index is 14.8. The van der Waals surface area contributed by atoms with E-state index in [2.05, 4.69) is 15.3 Å². The quantitative estimate of drug-likeness (QED) is 0.199. The molecular weight excluding hydrogens is 531 g/mol. The lowest BCUT2D eigenvalue weighted by molar-refractivity contribution is 0.0734. The molecule has 3 N–H and O–H groups in total. The molecule has 6 rings (SSSR count). The Kier molecular flexibility index (Phi) is 6.27. The maximum absolute atomic E-state index is 14.8. The van der Waals surface area contributed by atoms with Gasteiger partial charge in [0.25, 0.3) is 0 Å². The van der Waals surface area contributed by atoms with Crippen molar-refractivity contribution in [2.45, 2.75) is 69.6 Å². The molecule has 0 bridgehead atoms. The van der Waals surface area contributed by atoms with Crippen LogP contribution < -0.4 is 11.0 Å². The second-order valence-corrected chi connectivity index (χ2v) is 12.1. The fourth-order valence-electron chi connectivity index (χ4n) is 5.26. The molecule has 0 radical (unpaired) electrons. The summed E-state index contributed by atoms with van der Waals surface area (Å²) in [6.07, 6.45) is 3.75. The van der Waals surface area contributed by atoms with Crippen LogP contribution in [-0.4, -0.2) is 30.7 Å². The standard InChI is InChI=1S/C30H32ClFN6O2/c1-17(2)26-21(6-5-7-22(26)32)30(31)33-15-23-27(35-30)37(28(39)34-23)16-18-8-12-20(13-9-18)38-24(19-10-11-19)14-25(36-38)29(3,4)40/h5-9,12-15,17,19,35,40H,10-11,16H2,1-4H3,(H,34,39). The van der Waals surface area contributed by atoms with Crippen LogP contribution in [0.15, 0.2) is 58.3 Å². The van der Waals surface area contributed by atoms with Gasteiger partial charge in [0.05, 0.1) is 24.1 Å². The molecule has 1 aliphatic carbocycles. The minimum absolute atomic E-state index is 0.119. The highest BCUT2D eigenvalue weighted by Crippen LogP contribution is 2.42. The highest BCUT2D eigenvalue weighted by atomic mass is 35.5. The number of imidazole rings is 1. The molecule has 1 fully saturated rings. The van der Waals surface area contributed by atoms with Crippen molar-refractivity contribution >= 4 is 23.6 Å². The van der Waals surface area contributed by atoms with Gasteiger partial charge in [0.2, 0.25) is 5.12 Å². The van der Waals surface area contributed by atoms with Crippen LogP contribution in [0.4, 0.5) is 10.2 Å². The minimum Gasteiger partial charge on any atom is -0.384 e. The second kappa shape index (κ2) is 9.45. The lowest BCUT2D eigenvalue weighted by atomic mass is 9.94. The predicted molar refractivity (Wildman–Crippen MR) is 154 cm³/mol. The molecule has 1 atom stereocenters. The number of hydrogen-bond donors (Lipinski definition) is 3. The Bertz CT molecular complexity index is 1670. The number of aromatic amines is 1. The SMILES string of the molecule is CC(C)c1c(F)cccc1C1(Cl)N=Cc2[nH]c(=O)n(Cc3ccc(-n4nc(C(C)(C)O)cc4C4CC4)cc3)c2N1. The number of halogens is 2. The summed E-state index contributed by atoms with van der Waals surface area (Å²) >= 11 is 6.97. The molecule has 1 unspecified atom stereocenters. The third-order valence-electron chi connectivity index (χ3n) is 7.54. The number of aliphatic hydroxyl groups is 1. The summed E-state index contributed by atoms with van der Waals surface area (Å²) in [7, 11) is 0. The Morgan fingerprint density at radius 2 is 1.93 bits per heavy atom. The number of anilines is 1. The van der Waals surface area contributed by atoms with Gasteiger partial charge in [0.1, 0.15) is 22.9 Å². The molecule has 1 saturated carbocycles. The molecule has 0 saturated heterocycles. The third kappa shape index (κ3) is 4.67. The Morgan fingerprint density at radius 3 is 2.58 bits per heavy atom. The first-order valence-electron chi connectivity index (χ1n) is 13.5. The van der Waals surface area contributed by atoms with Gasteiger partial charge in [-0.3, -0.25) is 4.57 Å². The van der Waals surface area contributed by atoms with Crippen molar-refractivity contribution in [1.29, 1.82) is 0 Å². The summed E-state index contributed by atoms with van der Waals surface area (Å²) in [6, 6.07) is 14.6. The number of hydrogen-bond acceptors (Lipinski definition) is 5. The van der Waals surface area contributed by atoms with E-state index >= 15 is 0 Å². The number of nitrogens with one attached hydrogen (secondary N) is 2. The van der Waals surface area contributed by atoms with Crippen molar-refractivity contribution in [3.8, 4) is 5.69 Å². The summed E-state index contributed by atoms with van der Waals surface area (Å²) in [6.45, 7) is 7.56. The van der Waals surface area contributed by atoms with Gasteiger partial charge in [0.15, 0.2) is 0 Å². The second-order valence-electron chi connectivity index (χ2n) is 11.5. The first-order valence-corrected chi connectivity index (χ1v) is 13.9. The van der Waals surface area contributed by atoms with Crippen LogP contribution in [0, 0.1) is 5.82 Å². The number of aliphatic imine (C=N–C) groups is 1. The average Bonchev–Trinajstić information content (AvgIpc) is 3.57. The summed E-state index contributed by atoms with van der Waals surface area (Å²) < 4.78 is 18.2. The fourth-order valence-corrected chi connectivity index (χ4v) is 5.56. The number of fused-ring (bicyclic) bond motifs is 1. The fraction of sp³-hybridized carbons (Fsp3) is 0.367. The third-order valence-corrected chi connectivity index (χ3v) is 7.93. The average molecular weight is 563 g/mol. The largest absolute Gasteiger partial charge is 0.384 e. The van der Waals surface area contributed by atoms with E-state index in [0.29, 0.717) is 34.3 Å². The van der Waals surface area contributed by atoms with E-state index in [1.54, 1.807) is 30.5 Å². The summed E-state index contributed by atoms with van der Waals surface area (Å²) in [5.41, 5.74) is 3.67. The van der Waals surface area contributed by atoms with Crippen molar-refractivity contribution in [3.63, 3.8) is 0 Å². The molecule has 2 aromatic heterocycles. The van der Waals surface area contributed by atoms with Gasteiger partial charge >= 0.3 is 5.69 Å². The number of alkyl halides is 1. The van der Waals surface area contributed by atoms with Crippen LogP contribution in [0.2, 0.25) is 0 Å². The lowest BCUT2D eigenvalue weighted by Gasteiger charge is -2.31. The highest BCUT2D eigenvalue weighted by Gasteiger charge is 2.37. The Hall–Kier alpha value is -3.69. The number of rotatable bonds is 7. The van der Waals surface area contributed by atoms with E-state index < -0.39 is 10.7 Å². The van der Waals surface area contributed by atoms with Gasteiger partial charge in [-0.2, -0.15) is 5.10 Å². The molecular formula is C30H32ClFN6O2. The zero-order valence-corrected chi connectivity index (χ0v) is 23.6. The molecule has 40 heavy (non-hydrogen) atoms. The summed E-state index contributed by atoms with van der Waals surface area (Å²) in [5.74, 6) is 0.465. The molecule has 4 aromatic rings. The number of aromatic nitrogens is 4. The van der Waals surface area contributed by atoms with E-state index in [1.165, 1.54) is 12.3 Å². The molecule has 0 spiro atoms. The molecule has 1 aliphatic heterocycles. The molecule has 2 aliphatic rings. The van der Waals surface area contributed by atoms with Gasteiger partial charge in [-0.25, -0.2) is 18.9 Å². The molecule has 2 aromatic carbocycles. The lowest BCUT2D eigenvalue weighted by Crippen LogP contribution is -2.33. The van der Waals surface area contributed by atoms with Gasteiger partial charge in [-0.1, -0.05) is 49.7 Å². The maximum Gasteiger partial charge on any atom is 0.327 e. The Balaban J connectivity index is 1.30. The van der Waals surface area contributed by atoms with E-state index in [-0.39, 0.29) is 24.0 Å². The number of nitrogens with zero attached hydrogens (tertiary/aromatic N) is 4. The zero-order chi connectivity index (χ0) is 28.4. The van der Waals surface area contributed by atoms with Crippen LogP contribution in [0.3, 0.4) is 0 Å². The Morgan fingerprint density at radius 1 is 1.20 bits per heavy atom. The first kappa shape index (κ1) is 26.5. The zero-order valence-electron chi connectivity index (χ0n) is 22.9. The van der Waals surface area contributed by atoms with Gasteiger partial charge < -0.3 is 15.4 Å². The van der Waals surface area contributed by atoms with Crippen LogP contribution in [0.1, 0.15) is 86.1 Å².